The van der Waals surface area contributed by atoms with Gasteiger partial charge in [0.2, 0.25) is 5.91 Å². The van der Waals surface area contributed by atoms with Crippen molar-refractivity contribution in [2.75, 3.05) is 13.2 Å². The van der Waals surface area contributed by atoms with Crippen molar-refractivity contribution in [1.29, 1.82) is 0 Å². The van der Waals surface area contributed by atoms with Crippen molar-refractivity contribution in [2.45, 2.75) is 52.6 Å². The molecule has 168 valence electrons. The maximum atomic E-state index is 13.2. The van der Waals surface area contributed by atoms with Gasteiger partial charge in [-0.2, -0.15) is 0 Å². The number of benzene rings is 2. The fraction of sp³-hybridized carbons (Fsp3) is 0.417. The first-order valence-corrected chi connectivity index (χ1v) is 11.3. The minimum atomic E-state index is -0.628. The van der Waals surface area contributed by atoms with E-state index in [1.165, 1.54) is 4.90 Å². The van der Waals surface area contributed by atoms with E-state index in [1.54, 1.807) is 18.2 Å². The van der Waals surface area contributed by atoms with Crippen LogP contribution in [0, 0.1) is 6.92 Å². The molecule has 0 unspecified atom stereocenters. The lowest BCUT2D eigenvalue weighted by atomic mass is 10.1. The summed E-state index contributed by atoms with van der Waals surface area (Å²) in [7, 11) is 0. The highest BCUT2D eigenvalue weighted by Gasteiger charge is 2.29. The molecule has 2 amide bonds. The van der Waals surface area contributed by atoms with Gasteiger partial charge in [0.05, 0.1) is 0 Å². The summed E-state index contributed by atoms with van der Waals surface area (Å²) in [6.45, 7) is 6.46. The molecule has 0 aliphatic rings. The van der Waals surface area contributed by atoms with Crippen LogP contribution in [0.4, 0.5) is 0 Å². The highest BCUT2D eigenvalue weighted by Crippen LogP contribution is 2.24. The molecule has 2 aromatic rings. The summed E-state index contributed by atoms with van der Waals surface area (Å²) in [5.74, 6) is 0.179. The van der Waals surface area contributed by atoms with Gasteiger partial charge in [0, 0.05) is 23.1 Å². The molecule has 0 aliphatic heterocycles. The molecular weight excluding hydrogens is 435 g/mol. The lowest BCUT2D eigenvalue weighted by Gasteiger charge is -2.31. The maximum Gasteiger partial charge on any atom is 0.261 e. The zero-order valence-electron chi connectivity index (χ0n) is 18.3. The van der Waals surface area contributed by atoms with Gasteiger partial charge in [0.25, 0.3) is 5.91 Å². The number of rotatable bonds is 11. The SMILES string of the molecule is CCCCNC(=O)[C@H](CC)N(Cc1ccc(Cl)cc1Cl)C(=O)COc1ccccc1C. The van der Waals surface area contributed by atoms with Crippen LogP contribution in [-0.4, -0.2) is 35.9 Å². The van der Waals surface area contributed by atoms with Crippen molar-refractivity contribution in [3.05, 3.63) is 63.6 Å². The summed E-state index contributed by atoms with van der Waals surface area (Å²) >= 11 is 12.4. The Morgan fingerprint density at radius 2 is 1.87 bits per heavy atom. The second-order valence-corrected chi connectivity index (χ2v) is 8.22. The molecule has 5 nitrogen and oxygen atoms in total. The first kappa shape index (κ1) is 25.0. The summed E-state index contributed by atoms with van der Waals surface area (Å²) in [5, 5.41) is 3.90. The number of carbonyl (C=O) groups is 2. The summed E-state index contributed by atoms with van der Waals surface area (Å²) in [4.78, 5) is 27.6. The van der Waals surface area contributed by atoms with Gasteiger partial charge in [0.15, 0.2) is 6.61 Å². The molecule has 0 aromatic heterocycles. The maximum absolute atomic E-state index is 13.2. The second-order valence-electron chi connectivity index (χ2n) is 7.38. The number of halogens is 2. The van der Waals surface area contributed by atoms with Crippen LogP contribution in [0.5, 0.6) is 5.75 Å². The van der Waals surface area contributed by atoms with E-state index in [2.05, 4.69) is 12.2 Å². The largest absolute Gasteiger partial charge is 0.484 e. The number of aryl methyl sites for hydroxylation is 1. The number of ether oxygens (including phenoxy) is 1. The summed E-state index contributed by atoms with van der Waals surface area (Å²) in [6.07, 6.45) is 2.33. The molecule has 1 N–H and O–H groups in total. The van der Waals surface area contributed by atoms with E-state index in [9.17, 15) is 9.59 Å². The first-order valence-electron chi connectivity index (χ1n) is 10.6. The fourth-order valence-corrected chi connectivity index (χ4v) is 3.67. The molecule has 0 saturated carbocycles. The Bertz CT molecular complexity index is 889. The Morgan fingerprint density at radius 1 is 1.13 bits per heavy atom. The van der Waals surface area contributed by atoms with Crippen LogP contribution in [0.1, 0.15) is 44.2 Å². The topological polar surface area (TPSA) is 58.6 Å². The monoisotopic (exact) mass is 464 g/mol. The quantitative estimate of drug-likeness (QED) is 0.452. The lowest BCUT2D eigenvalue weighted by molar-refractivity contribution is -0.143. The molecule has 0 aliphatic carbocycles. The zero-order chi connectivity index (χ0) is 22.8. The van der Waals surface area contributed by atoms with Gasteiger partial charge in [-0.05, 0) is 49.1 Å². The van der Waals surface area contributed by atoms with Crippen LogP contribution >= 0.6 is 23.2 Å². The van der Waals surface area contributed by atoms with Gasteiger partial charge in [0.1, 0.15) is 11.8 Å². The van der Waals surface area contributed by atoms with E-state index in [-0.39, 0.29) is 25.0 Å². The number of nitrogens with one attached hydrogen (secondary N) is 1. The van der Waals surface area contributed by atoms with E-state index < -0.39 is 6.04 Å². The van der Waals surface area contributed by atoms with Crippen LogP contribution < -0.4 is 10.1 Å². The average Bonchev–Trinajstić information content (AvgIpc) is 2.74. The molecule has 0 saturated heterocycles. The number of hydrogen-bond acceptors (Lipinski definition) is 3. The number of unbranched alkanes of at least 4 members (excludes halogenated alkanes) is 1. The number of carbonyl (C=O) groups excluding carboxylic acids is 2. The molecule has 2 aromatic carbocycles. The normalized spacial score (nSPS) is 11.6. The van der Waals surface area contributed by atoms with Gasteiger partial charge in [-0.15, -0.1) is 0 Å². The molecule has 0 bridgehead atoms. The zero-order valence-corrected chi connectivity index (χ0v) is 19.8. The third-order valence-electron chi connectivity index (χ3n) is 5.02. The van der Waals surface area contributed by atoms with Crippen molar-refractivity contribution in [1.82, 2.24) is 10.2 Å². The fourth-order valence-electron chi connectivity index (χ4n) is 3.20. The smallest absolute Gasteiger partial charge is 0.261 e. The second kappa shape index (κ2) is 12.6. The van der Waals surface area contributed by atoms with Crippen molar-refractivity contribution in [2.24, 2.45) is 0 Å². The van der Waals surface area contributed by atoms with Crippen LogP contribution in [-0.2, 0) is 16.1 Å². The highest BCUT2D eigenvalue weighted by molar-refractivity contribution is 6.35. The Kier molecular flexibility index (Phi) is 10.2. The molecule has 1 atom stereocenters. The van der Waals surface area contributed by atoms with Crippen LogP contribution in [0.25, 0.3) is 0 Å². The minimum absolute atomic E-state index is 0.172. The molecule has 7 heteroatoms. The first-order chi connectivity index (χ1) is 14.9. The molecule has 0 fully saturated rings. The van der Waals surface area contributed by atoms with E-state index >= 15 is 0 Å². The summed E-state index contributed by atoms with van der Waals surface area (Å²) < 4.78 is 5.76. The third kappa shape index (κ3) is 7.44. The average molecular weight is 465 g/mol. The van der Waals surface area contributed by atoms with Gasteiger partial charge in [-0.3, -0.25) is 9.59 Å². The van der Waals surface area contributed by atoms with Crippen molar-refractivity contribution in [3.8, 4) is 5.75 Å². The Labute approximate surface area is 194 Å². The molecule has 31 heavy (non-hydrogen) atoms. The number of amides is 2. The van der Waals surface area contributed by atoms with Crippen LogP contribution in [0.2, 0.25) is 10.0 Å². The molecule has 0 spiro atoms. The van der Waals surface area contributed by atoms with Crippen molar-refractivity contribution < 1.29 is 14.3 Å². The van der Waals surface area contributed by atoms with E-state index in [4.69, 9.17) is 27.9 Å². The van der Waals surface area contributed by atoms with Gasteiger partial charge >= 0.3 is 0 Å². The van der Waals surface area contributed by atoms with Crippen molar-refractivity contribution >= 4 is 35.0 Å². The Hall–Kier alpha value is -2.24. The number of para-hydroxylation sites is 1. The minimum Gasteiger partial charge on any atom is -0.484 e. The molecule has 0 radical (unpaired) electrons. The predicted octanol–water partition coefficient (Wildman–Crippen LogP) is 5.40. The number of hydrogen-bond donors (Lipinski definition) is 1. The Balaban J connectivity index is 2.23. The van der Waals surface area contributed by atoms with Crippen LogP contribution in [0.15, 0.2) is 42.5 Å². The molecular formula is C24H30Cl2N2O3. The highest BCUT2D eigenvalue weighted by atomic mass is 35.5. The standard InChI is InChI=1S/C24H30Cl2N2O3/c1-4-6-13-27-24(30)21(5-2)28(15-18-11-12-19(25)14-20(18)26)23(29)16-31-22-10-8-7-9-17(22)3/h7-12,14,21H,4-6,13,15-16H2,1-3H3,(H,27,30)/t21-/m0/s1. The molecule has 0 heterocycles. The number of nitrogens with zero attached hydrogens (tertiary/aromatic N) is 1. The van der Waals surface area contributed by atoms with E-state index in [0.717, 1.165) is 24.0 Å². The summed E-state index contributed by atoms with van der Waals surface area (Å²) in [5.41, 5.74) is 1.65. The van der Waals surface area contributed by atoms with Crippen molar-refractivity contribution in [3.63, 3.8) is 0 Å². The predicted molar refractivity (Wildman–Crippen MR) is 126 cm³/mol. The molecule has 2 rings (SSSR count). The lowest BCUT2D eigenvalue weighted by Crippen LogP contribution is -2.50. The summed E-state index contributed by atoms with van der Waals surface area (Å²) in [6, 6.07) is 12.0. The van der Waals surface area contributed by atoms with Gasteiger partial charge < -0.3 is 15.0 Å². The van der Waals surface area contributed by atoms with E-state index in [0.29, 0.717) is 28.8 Å². The Morgan fingerprint density at radius 3 is 2.52 bits per heavy atom. The van der Waals surface area contributed by atoms with E-state index in [1.807, 2.05) is 38.1 Å². The van der Waals surface area contributed by atoms with Gasteiger partial charge in [-0.1, -0.05) is 67.7 Å². The van der Waals surface area contributed by atoms with Crippen LogP contribution in [0.3, 0.4) is 0 Å². The third-order valence-corrected chi connectivity index (χ3v) is 5.60. The van der Waals surface area contributed by atoms with Gasteiger partial charge in [-0.25, -0.2) is 0 Å².